The van der Waals surface area contributed by atoms with Gasteiger partial charge in [0.25, 0.3) is 0 Å². The van der Waals surface area contributed by atoms with Crippen LogP contribution in [-0.2, 0) is 4.74 Å². The van der Waals surface area contributed by atoms with Gasteiger partial charge in [0.15, 0.2) is 0 Å². The van der Waals surface area contributed by atoms with Crippen LogP contribution in [0.3, 0.4) is 0 Å². The summed E-state index contributed by atoms with van der Waals surface area (Å²) in [5.74, 6) is 0. The van der Waals surface area contributed by atoms with Crippen LogP contribution in [0.4, 0.5) is 4.79 Å². The fraction of sp³-hybridized carbons (Fsp3) is 0.889. The summed E-state index contributed by atoms with van der Waals surface area (Å²) in [6, 6.07) is 0.0437. The average Bonchev–Trinajstić information content (AvgIpc) is 2.15. The van der Waals surface area contributed by atoms with Crippen molar-refractivity contribution in [1.82, 2.24) is 9.80 Å². The Hall–Kier alpha value is -0.770. The van der Waals surface area contributed by atoms with Crippen molar-refractivity contribution in [2.45, 2.75) is 13.8 Å². The van der Waals surface area contributed by atoms with Crippen LogP contribution in [0.5, 0.6) is 0 Å². The van der Waals surface area contributed by atoms with E-state index < -0.39 is 0 Å². The molecule has 0 unspecified atom stereocenters. The molecule has 0 saturated heterocycles. The molecule has 0 atom stereocenters. The number of urea groups is 1. The molecule has 0 N–H and O–H groups in total. The lowest BCUT2D eigenvalue weighted by Crippen LogP contribution is -2.40. The predicted octanol–water partition coefficient (Wildman–Crippen LogP) is 1.03. The van der Waals surface area contributed by atoms with Crippen LogP contribution >= 0.6 is 0 Å². The summed E-state index contributed by atoms with van der Waals surface area (Å²) in [6.45, 7) is 6.59. The van der Waals surface area contributed by atoms with E-state index in [1.165, 1.54) is 0 Å². The van der Waals surface area contributed by atoms with E-state index >= 15 is 0 Å². The Morgan fingerprint density at radius 3 is 2.31 bits per heavy atom. The maximum atomic E-state index is 11.5. The molecule has 0 radical (unpaired) electrons. The van der Waals surface area contributed by atoms with Crippen LogP contribution in [-0.4, -0.2) is 56.2 Å². The molecule has 4 heteroatoms. The number of hydrogen-bond acceptors (Lipinski definition) is 2. The van der Waals surface area contributed by atoms with Gasteiger partial charge < -0.3 is 14.5 Å². The highest BCUT2D eigenvalue weighted by Gasteiger charge is 2.11. The van der Waals surface area contributed by atoms with E-state index in [0.29, 0.717) is 19.8 Å². The zero-order valence-corrected chi connectivity index (χ0v) is 9.04. The van der Waals surface area contributed by atoms with Gasteiger partial charge in [0.05, 0.1) is 6.61 Å². The highest BCUT2D eigenvalue weighted by molar-refractivity contribution is 5.73. The summed E-state index contributed by atoms with van der Waals surface area (Å²) >= 11 is 0. The Morgan fingerprint density at radius 2 is 1.85 bits per heavy atom. The predicted molar refractivity (Wildman–Crippen MR) is 52.8 cm³/mol. The van der Waals surface area contributed by atoms with E-state index in [9.17, 15) is 4.79 Å². The van der Waals surface area contributed by atoms with Crippen LogP contribution < -0.4 is 0 Å². The fourth-order valence-electron chi connectivity index (χ4n) is 0.868. The zero-order valence-electron chi connectivity index (χ0n) is 9.04. The van der Waals surface area contributed by atoms with Gasteiger partial charge in [0.1, 0.15) is 0 Å². The van der Waals surface area contributed by atoms with Crippen LogP contribution in [0, 0.1) is 0 Å². The molecular weight excluding hydrogens is 168 g/mol. The number of nitrogens with zero attached hydrogens (tertiary/aromatic N) is 2. The third kappa shape index (κ3) is 4.72. The summed E-state index contributed by atoms with van der Waals surface area (Å²) in [4.78, 5) is 14.8. The Bertz CT molecular complexity index is 151. The lowest BCUT2D eigenvalue weighted by Gasteiger charge is -2.23. The second-order valence-corrected chi connectivity index (χ2v) is 2.92. The zero-order chi connectivity index (χ0) is 10.3. The number of rotatable bonds is 5. The standard InChI is InChI=1S/C9H20N2O2/c1-5-10(3)9(12)11(4)7-8-13-6-2/h5-8H2,1-4H3. The third-order valence-corrected chi connectivity index (χ3v) is 1.90. The minimum absolute atomic E-state index is 0.0437. The first-order valence-electron chi connectivity index (χ1n) is 4.67. The molecule has 0 aliphatic rings. The van der Waals surface area contributed by atoms with E-state index in [0.717, 1.165) is 6.54 Å². The second kappa shape index (κ2) is 6.71. The molecule has 13 heavy (non-hydrogen) atoms. The third-order valence-electron chi connectivity index (χ3n) is 1.90. The summed E-state index contributed by atoms with van der Waals surface area (Å²) < 4.78 is 5.16. The summed E-state index contributed by atoms with van der Waals surface area (Å²) in [6.07, 6.45) is 0. The largest absolute Gasteiger partial charge is 0.380 e. The van der Waals surface area contributed by atoms with Crippen molar-refractivity contribution in [3.05, 3.63) is 0 Å². The molecule has 0 spiro atoms. The molecule has 0 bridgehead atoms. The molecule has 0 aromatic carbocycles. The molecule has 0 rings (SSSR count). The number of likely N-dealkylation sites (N-methyl/N-ethyl adjacent to an activating group) is 1. The molecule has 0 fully saturated rings. The van der Waals surface area contributed by atoms with Gasteiger partial charge in [0.2, 0.25) is 0 Å². The first-order chi connectivity index (χ1) is 6.13. The molecule has 0 aromatic heterocycles. The number of ether oxygens (including phenoxy) is 1. The van der Waals surface area contributed by atoms with Crippen LogP contribution in [0.2, 0.25) is 0 Å². The summed E-state index contributed by atoms with van der Waals surface area (Å²) in [5, 5.41) is 0. The maximum absolute atomic E-state index is 11.5. The molecule has 0 heterocycles. The lowest BCUT2D eigenvalue weighted by atomic mass is 10.5. The van der Waals surface area contributed by atoms with Gasteiger partial charge in [-0.05, 0) is 13.8 Å². The molecule has 78 valence electrons. The van der Waals surface area contributed by atoms with Gasteiger partial charge in [-0.1, -0.05) is 0 Å². The number of carbonyl (C=O) groups excluding carboxylic acids is 1. The first kappa shape index (κ1) is 12.2. The minimum atomic E-state index is 0.0437. The van der Waals surface area contributed by atoms with Gasteiger partial charge in [0, 0.05) is 33.8 Å². The van der Waals surface area contributed by atoms with Gasteiger partial charge in [-0.3, -0.25) is 0 Å². The van der Waals surface area contributed by atoms with Gasteiger partial charge in [-0.15, -0.1) is 0 Å². The van der Waals surface area contributed by atoms with Crippen molar-refractivity contribution >= 4 is 6.03 Å². The van der Waals surface area contributed by atoms with Crippen molar-refractivity contribution in [2.24, 2.45) is 0 Å². The Balaban J connectivity index is 3.69. The van der Waals surface area contributed by atoms with Crippen molar-refractivity contribution in [1.29, 1.82) is 0 Å². The van der Waals surface area contributed by atoms with Crippen LogP contribution in [0.1, 0.15) is 13.8 Å². The molecule has 0 saturated carbocycles. The normalized spacial score (nSPS) is 9.85. The molecule has 0 aromatic rings. The molecule has 2 amide bonds. The highest BCUT2D eigenvalue weighted by Crippen LogP contribution is 1.92. The van der Waals surface area contributed by atoms with Gasteiger partial charge in [-0.2, -0.15) is 0 Å². The van der Waals surface area contributed by atoms with Crippen molar-refractivity contribution in [2.75, 3.05) is 40.4 Å². The quantitative estimate of drug-likeness (QED) is 0.604. The van der Waals surface area contributed by atoms with Crippen molar-refractivity contribution < 1.29 is 9.53 Å². The SMILES string of the molecule is CCOCCN(C)C(=O)N(C)CC. The topological polar surface area (TPSA) is 32.8 Å². The maximum Gasteiger partial charge on any atom is 0.319 e. The van der Waals surface area contributed by atoms with Crippen LogP contribution in [0.15, 0.2) is 0 Å². The number of carbonyl (C=O) groups is 1. The average molecular weight is 188 g/mol. The fourth-order valence-corrected chi connectivity index (χ4v) is 0.868. The summed E-state index contributed by atoms with van der Waals surface area (Å²) in [5.41, 5.74) is 0. The van der Waals surface area contributed by atoms with E-state index in [1.807, 2.05) is 13.8 Å². The molecule has 0 aliphatic carbocycles. The summed E-state index contributed by atoms with van der Waals surface area (Å²) in [7, 11) is 3.58. The number of hydrogen-bond donors (Lipinski definition) is 0. The molecular formula is C9H20N2O2. The van der Waals surface area contributed by atoms with E-state index in [1.54, 1.807) is 23.9 Å². The smallest absolute Gasteiger partial charge is 0.319 e. The highest BCUT2D eigenvalue weighted by atomic mass is 16.5. The Kier molecular flexibility index (Phi) is 6.32. The van der Waals surface area contributed by atoms with E-state index in [-0.39, 0.29) is 6.03 Å². The van der Waals surface area contributed by atoms with E-state index in [4.69, 9.17) is 4.74 Å². The second-order valence-electron chi connectivity index (χ2n) is 2.92. The van der Waals surface area contributed by atoms with Crippen molar-refractivity contribution in [3.63, 3.8) is 0 Å². The van der Waals surface area contributed by atoms with Gasteiger partial charge >= 0.3 is 6.03 Å². The minimum Gasteiger partial charge on any atom is -0.380 e. The lowest BCUT2D eigenvalue weighted by molar-refractivity contribution is 0.117. The molecule has 4 nitrogen and oxygen atoms in total. The Morgan fingerprint density at radius 1 is 1.23 bits per heavy atom. The van der Waals surface area contributed by atoms with Crippen LogP contribution in [0.25, 0.3) is 0 Å². The monoisotopic (exact) mass is 188 g/mol. The first-order valence-corrected chi connectivity index (χ1v) is 4.67. The van der Waals surface area contributed by atoms with E-state index in [2.05, 4.69) is 0 Å². The van der Waals surface area contributed by atoms with Crippen molar-refractivity contribution in [3.8, 4) is 0 Å². The molecule has 0 aliphatic heterocycles. The number of amides is 2. The van der Waals surface area contributed by atoms with Gasteiger partial charge in [-0.25, -0.2) is 4.79 Å². The Labute approximate surface area is 80.5 Å².